The SMILES string of the molecule is Cc1[nH]c2ccc(C(=O)OCc3cc(=O)oc4cc(O)ccc34)cc2c1C. The molecule has 0 aliphatic rings. The molecule has 2 aromatic heterocycles. The molecule has 6 nitrogen and oxygen atoms in total. The molecule has 0 saturated carbocycles. The topological polar surface area (TPSA) is 92.5 Å². The Morgan fingerprint density at radius 2 is 1.93 bits per heavy atom. The van der Waals surface area contributed by atoms with Crippen LogP contribution in [0.4, 0.5) is 0 Å². The molecule has 6 heteroatoms. The summed E-state index contributed by atoms with van der Waals surface area (Å²) in [4.78, 5) is 27.5. The van der Waals surface area contributed by atoms with Crippen molar-refractivity contribution in [2.24, 2.45) is 0 Å². The Balaban J connectivity index is 1.62. The number of nitrogens with one attached hydrogen (secondary N) is 1. The predicted octanol–water partition coefficient (Wildman–Crippen LogP) is 3.95. The number of aromatic nitrogens is 1. The second-order valence-electron chi connectivity index (χ2n) is 6.48. The van der Waals surface area contributed by atoms with Crippen LogP contribution in [0.1, 0.15) is 27.2 Å². The number of phenols is 1. The lowest BCUT2D eigenvalue weighted by atomic mass is 10.1. The van der Waals surface area contributed by atoms with E-state index in [0.717, 1.165) is 22.2 Å². The highest BCUT2D eigenvalue weighted by molar-refractivity contribution is 5.96. The number of carbonyl (C=O) groups is 1. The van der Waals surface area contributed by atoms with Crippen LogP contribution in [0, 0.1) is 13.8 Å². The number of carbonyl (C=O) groups excluding carboxylic acids is 1. The van der Waals surface area contributed by atoms with Crippen molar-refractivity contribution in [3.8, 4) is 5.75 Å². The number of hydrogen-bond acceptors (Lipinski definition) is 5. The number of esters is 1. The molecule has 136 valence electrons. The number of fused-ring (bicyclic) bond motifs is 2. The molecule has 0 radical (unpaired) electrons. The lowest BCUT2D eigenvalue weighted by Gasteiger charge is -2.08. The highest BCUT2D eigenvalue weighted by atomic mass is 16.5. The average molecular weight is 363 g/mol. The van der Waals surface area contributed by atoms with Crippen LogP contribution in [0.25, 0.3) is 21.9 Å². The lowest BCUT2D eigenvalue weighted by molar-refractivity contribution is 0.0474. The fourth-order valence-corrected chi connectivity index (χ4v) is 3.15. The molecule has 4 aromatic rings. The molecule has 0 spiro atoms. The minimum atomic E-state index is -0.570. The third kappa shape index (κ3) is 3.06. The third-order valence-corrected chi connectivity index (χ3v) is 4.72. The Hall–Kier alpha value is -3.54. The van der Waals surface area contributed by atoms with Gasteiger partial charge in [0.25, 0.3) is 0 Å². The van der Waals surface area contributed by atoms with Gasteiger partial charge < -0.3 is 19.2 Å². The van der Waals surface area contributed by atoms with Gasteiger partial charge in [0, 0.05) is 39.7 Å². The van der Waals surface area contributed by atoms with Gasteiger partial charge in [-0.05, 0) is 49.7 Å². The van der Waals surface area contributed by atoms with E-state index in [1.54, 1.807) is 18.2 Å². The quantitative estimate of drug-likeness (QED) is 0.425. The molecule has 0 atom stereocenters. The summed E-state index contributed by atoms with van der Waals surface area (Å²) >= 11 is 0. The van der Waals surface area contributed by atoms with Crippen molar-refractivity contribution in [2.75, 3.05) is 0 Å². The minimum Gasteiger partial charge on any atom is -0.508 e. The van der Waals surface area contributed by atoms with Crippen molar-refractivity contribution in [1.29, 1.82) is 0 Å². The van der Waals surface area contributed by atoms with Crippen LogP contribution in [-0.4, -0.2) is 16.1 Å². The summed E-state index contributed by atoms with van der Waals surface area (Å²) in [5, 5.41) is 11.1. The van der Waals surface area contributed by atoms with Crippen molar-refractivity contribution >= 4 is 27.8 Å². The van der Waals surface area contributed by atoms with Gasteiger partial charge in [0.05, 0.1) is 5.56 Å². The zero-order valence-electron chi connectivity index (χ0n) is 14.8. The van der Waals surface area contributed by atoms with Crippen LogP contribution < -0.4 is 5.63 Å². The Bertz CT molecular complexity index is 1250. The maximum atomic E-state index is 12.5. The predicted molar refractivity (Wildman–Crippen MR) is 101 cm³/mol. The van der Waals surface area contributed by atoms with Gasteiger partial charge in [0.2, 0.25) is 0 Å². The van der Waals surface area contributed by atoms with Crippen molar-refractivity contribution in [3.63, 3.8) is 0 Å². The summed E-state index contributed by atoms with van der Waals surface area (Å²) in [5.74, 6) is -0.486. The normalized spacial score (nSPS) is 11.2. The molecule has 0 bridgehead atoms. The first kappa shape index (κ1) is 16.9. The average Bonchev–Trinajstić information content (AvgIpc) is 2.92. The molecule has 0 fully saturated rings. The van der Waals surface area contributed by atoms with E-state index in [4.69, 9.17) is 9.15 Å². The third-order valence-electron chi connectivity index (χ3n) is 4.72. The Morgan fingerprint density at radius 1 is 1.11 bits per heavy atom. The van der Waals surface area contributed by atoms with E-state index in [2.05, 4.69) is 4.98 Å². The number of hydrogen-bond donors (Lipinski definition) is 2. The highest BCUT2D eigenvalue weighted by Crippen LogP contribution is 2.24. The van der Waals surface area contributed by atoms with Crippen LogP contribution >= 0.6 is 0 Å². The summed E-state index contributed by atoms with van der Waals surface area (Å²) < 4.78 is 10.5. The van der Waals surface area contributed by atoms with Crippen LogP contribution in [0.3, 0.4) is 0 Å². The maximum absolute atomic E-state index is 12.5. The molecular formula is C21H17NO5. The number of benzene rings is 2. The molecule has 0 aliphatic heterocycles. The van der Waals surface area contributed by atoms with Gasteiger partial charge in [-0.3, -0.25) is 0 Å². The van der Waals surface area contributed by atoms with Crippen molar-refractivity contribution in [1.82, 2.24) is 4.98 Å². The van der Waals surface area contributed by atoms with E-state index in [0.29, 0.717) is 16.5 Å². The van der Waals surface area contributed by atoms with E-state index < -0.39 is 11.6 Å². The molecule has 2 N–H and O–H groups in total. The molecule has 0 saturated heterocycles. The van der Waals surface area contributed by atoms with E-state index >= 15 is 0 Å². The number of ether oxygens (including phenoxy) is 1. The Labute approximate surface area is 154 Å². The maximum Gasteiger partial charge on any atom is 0.338 e. The first-order valence-corrected chi connectivity index (χ1v) is 8.44. The number of H-pyrrole nitrogens is 1. The monoisotopic (exact) mass is 363 g/mol. The highest BCUT2D eigenvalue weighted by Gasteiger charge is 2.13. The van der Waals surface area contributed by atoms with Gasteiger partial charge in [0.15, 0.2) is 0 Å². The molecular weight excluding hydrogens is 346 g/mol. The van der Waals surface area contributed by atoms with Crippen LogP contribution in [0.15, 0.2) is 51.7 Å². The molecule has 0 aliphatic carbocycles. The molecule has 0 amide bonds. The summed E-state index contributed by atoms with van der Waals surface area (Å²) in [6, 6.07) is 11.1. The Morgan fingerprint density at radius 3 is 2.74 bits per heavy atom. The van der Waals surface area contributed by atoms with Crippen LogP contribution in [0.5, 0.6) is 5.75 Å². The molecule has 27 heavy (non-hydrogen) atoms. The Kier molecular flexibility index (Phi) is 3.96. The molecule has 0 unspecified atom stereocenters. The summed E-state index contributed by atoms with van der Waals surface area (Å²) in [6.07, 6.45) is 0. The zero-order valence-corrected chi connectivity index (χ0v) is 14.8. The standard InChI is InChI=1S/C21H17NO5/c1-11-12(2)22-18-6-3-13(7-17(11)18)21(25)26-10-14-8-20(24)27-19-9-15(23)4-5-16(14)19/h3-9,22-23H,10H2,1-2H3. The van der Waals surface area contributed by atoms with Gasteiger partial charge in [0.1, 0.15) is 17.9 Å². The molecule has 2 heterocycles. The number of rotatable bonds is 3. The van der Waals surface area contributed by atoms with Gasteiger partial charge in [-0.15, -0.1) is 0 Å². The summed E-state index contributed by atoms with van der Waals surface area (Å²) in [5.41, 5.74) is 3.74. The lowest BCUT2D eigenvalue weighted by Crippen LogP contribution is -2.08. The number of aromatic hydroxyl groups is 1. The summed E-state index contributed by atoms with van der Waals surface area (Å²) in [6.45, 7) is 3.90. The second kappa shape index (κ2) is 6.32. The number of aryl methyl sites for hydroxylation is 2. The summed E-state index contributed by atoms with van der Waals surface area (Å²) in [7, 11) is 0. The number of aromatic amines is 1. The molecule has 2 aromatic carbocycles. The van der Waals surface area contributed by atoms with Gasteiger partial charge >= 0.3 is 11.6 Å². The smallest absolute Gasteiger partial charge is 0.338 e. The first-order valence-electron chi connectivity index (χ1n) is 8.44. The fraction of sp³-hybridized carbons (Fsp3) is 0.143. The van der Waals surface area contributed by atoms with Crippen molar-refractivity contribution < 1.29 is 19.1 Å². The van der Waals surface area contributed by atoms with Gasteiger partial charge in [-0.1, -0.05) is 0 Å². The molecule has 4 rings (SSSR count). The van der Waals surface area contributed by atoms with E-state index in [-0.39, 0.29) is 17.9 Å². The fourth-order valence-electron chi connectivity index (χ4n) is 3.15. The minimum absolute atomic E-state index is 0.00902. The van der Waals surface area contributed by atoms with Crippen LogP contribution in [-0.2, 0) is 11.3 Å². The second-order valence-corrected chi connectivity index (χ2v) is 6.48. The first-order chi connectivity index (χ1) is 12.9. The zero-order chi connectivity index (χ0) is 19.1. The van der Waals surface area contributed by atoms with Crippen molar-refractivity contribution in [3.05, 3.63) is 75.3 Å². The van der Waals surface area contributed by atoms with E-state index in [1.165, 1.54) is 18.2 Å². The van der Waals surface area contributed by atoms with Crippen LogP contribution in [0.2, 0.25) is 0 Å². The largest absolute Gasteiger partial charge is 0.508 e. The van der Waals surface area contributed by atoms with Gasteiger partial charge in [-0.25, -0.2) is 9.59 Å². The van der Waals surface area contributed by atoms with E-state index in [1.807, 2.05) is 19.9 Å². The van der Waals surface area contributed by atoms with E-state index in [9.17, 15) is 14.7 Å². The van der Waals surface area contributed by atoms with Gasteiger partial charge in [-0.2, -0.15) is 0 Å². The van der Waals surface area contributed by atoms with Crippen molar-refractivity contribution in [2.45, 2.75) is 20.5 Å². The number of phenolic OH excluding ortho intramolecular Hbond substituents is 1.